The molecule has 0 unspecified atom stereocenters. The number of alkyl halides is 1. The number of hydrogen-bond donors (Lipinski definition) is 0. The summed E-state index contributed by atoms with van der Waals surface area (Å²) >= 11 is 6.40. The SMILES string of the molecule is CC1(Cl)C2=CCCC=C1CC2. The first-order valence-corrected chi connectivity index (χ1v) is 4.67. The molecule has 0 aromatic rings. The number of rotatable bonds is 0. The van der Waals surface area contributed by atoms with Gasteiger partial charge in [0.15, 0.2) is 0 Å². The maximum absolute atomic E-state index is 6.40. The third kappa shape index (κ3) is 1.04. The summed E-state index contributed by atoms with van der Waals surface area (Å²) in [5.74, 6) is 0. The molecule has 2 aliphatic rings. The topological polar surface area (TPSA) is 0 Å². The normalized spacial score (nSPS) is 27.5. The van der Waals surface area contributed by atoms with Crippen molar-refractivity contribution in [2.75, 3.05) is 0 Å². The van der Waals surface area contributed by atoms with Gasteiger partial charge in [0.1, 0.15) is 0 Å². The van der Waals surface area contributed by atoms with Gasteiger partial charge in [-0.25, -0.2) is 0 Å². The third-order valence-electron chi connectivity index (χ3n) is 2.82. The van der Waals surface area contributed by atoms with Crippen LogP contribution < -0.4 is 0 Å². The molecule has 11 heavy (non-hydrogen) atoms. The van der Waals surface area contributed by atoms with E-state index in [0.717, 1.165) is 0 Å². The Morgan fingerprint density at radius 3 is 2.09 bits per heavy atom. The second-order valence-electron chi connectivity index (χ2n) is 3.54. The lowest BCUT2D eigenvalue weighted by atomic mass is 10.0. The number of hydrogen-bond acceptors (Lipinski definition) is 0. The highest BCUT2D eigenvalue weighted by Gasteiger charge is 2.36. The van der Waals surface area contributed by atoms with Crippen LogP contribution in [-0.2, 0) is 0 Å². The molecule has 0 heterocycles. The van der Waals surface area contributed by atoms with Crippen molar-refractivity contribution >= 4 is 11.6 Å². The summed E-state index contributed by atoms with van der Waals surface area (Å²) < 4.78 is 0. The monoisotopic (exact) mass is 168 g/mol. The molecule has 1 fully saturated rings. The molecule has 0 atom stereocenters. The van der Waals surface area contributed by atoms with Gasteiger partial charge < -0.3 is 0 Å². The molecule has 0 N–H and O–H groups in total. The zero-order valence-corrected chi connectivity index (χ0v) is 7.62. The van der Waals surface area contributed by atoms with E-state index in [-0.39, 0.29) is 4.87 Å². The maximum Gasteiger partial charge on any atom is 0.0836 e. The van der Waals surface area contributed by atoms with E-state index in [2.05, 4.69) is 19.1 Å². The Morgan fingerprint density at radius 2 is 1.64 bits per heavy atom. The smallest absolute Gasteiger partial charge is 0.0836 e. The number of fused-ring (bicyclic) bond motifs is 2. The van der Waals surface area contributed by atoms with Crippen LogP contribution in [0.3, 0.4) is 0 Å². The Balaban J connectivity index is 2.46. The first kappa shape index (κ1) is 7.42. The standard InChI is InChI=1S/C10H13Cl/c1-10(11)8-4-2-3-5-9(10)7-6-8/h4-5H,2-3,6-7H2,1H3. The Hall–Kier alpha value is -0.230. The highest BCUT2D eigenvalue weighted by molar-refractivity contribution is 6.28. The lowest BCUT2D eigenvalue weighted by Crippen LogP contribution is -2.14. The van der Waals surface area contributed by atoms with Crippen LogP contribution in [0.25, 0.3) is 0 Å². The van der Waals surface area contributed by atoms with Gasteiger partial charge in [0, 0.05) is 0 Å². The van der Waals surface area contributed by atoms with Gasteiger partial charge in [0.05, 0.1) is 4.87 Å². The summed E-state index contributed by atoms with van der Waals surface area (Å²) in [7, 11) is 0. The van der Waals surface area contributed by atoms with Gasteiger partial charge in [0.2, 0.25) is 0 Å². The Kier molecular flexibility index (Phi) is 1.61. The predicted octanol–water partition coefficient (Wildman–Crippen LogP) is 3.42. The molecule has 0 aromatic carbocycles. The highest BCUT2D eigenvalue weighted by Crippen LogP contribution is 2.46. The largest absolute Gasteiger partial charge is 0.110 e. The Morgan fingerprint density at radius 1 is 1.18 bits per heavy atom. The van der Waals surface area contributed by atoms with Crippen LogP contribution >= 0.6 is 11.6 Å². The minimum Gasteiger partial charge on any atom is -0.110 e. The van der Waals surface area contributed by atoms with Crippen LogP contribution in [0.1, 0.15) is 32.6 Å². The molecule has 2 rings (SSSR count). The lowest BCUT2D eigenvalue weighted by Gasteiger charge is -2.18. The second kappa shape index (κ2) is 2.38. The molecule has 0 spiro atoms. The molecule has 2 bridgehead atoms. The molecule has 0 saturated heterocycles. The molecular weight excluding hydrogens is 156 g/mol. The second-order valence-corrected chi connectivity index (χ2v) is 4.29. The van der Waals surface area contributed by atoms with Gasteiger partial charge in [0.25, 0.3) is 0 Å². The summed E-state index contributed by atoms with van der Waals surface area (Å²) in [5, 5.41) is 0. The van der Waals surface area contributed by atoms with Crippen molar-refractivity contribution in [2.45, 2.75) is 37.5 Å². The zero-order chi connectivity index (χ0) is 7.90. The molecular formula is C10H13Cl. The van der Waals surface area contributed by atoms with E-state index in [0.29, 0.717) is 0 Å². The van der Waals surface area contributed by atoms with E-state index in [9.17, 15) is 0 Å². The fourth-order valence-electron chi connectivity index (χ4n) is 2.05. The molecule has 0 nitrogen and oxygen atoms in total. The molecule has 0 aromatic heterocycles. The molecule has 60 valence electrons. The average molecular weight is 169 g/mol. The molecule has 0 radical (unpaired) electrons. The fourth-order valence-corrected chi connectivity index (χ4v) is 2.39. The third-order valence-corrected chi connectivity index (χ3v) is 3.30. The molecule has 1 saturated carbocycles. The molecule has 0 aliphatic heterocycles. The van der Waals surface area contributed by atoms with Crippen molar-refractivity contribution in [1.82, 2.24) is 0 Å². The first-order valence-electron chi connectivity index (χ1n) is 4.29. The van der Waals surface area contributed by atoms with Crippen LogP contribution in [0.5, 0.6) is 0 Å². The lowest BCUT2D eigenvalue weighted by molar-refractivity contribution is 0.905. The molecule has 1 heteroatoms. The van der Waals surface area contributed by atoms with Gasteiger partial charge in [-0.3, -0.25) is 0 Å². The van der Waals surface area contributed by atoms with Crippen molar-refractivity contribution in [2.24, 2.45) is 0 Å². The Bertz CT molecular complexity index is 209. The first-order chi connectivity index (χ1) is 5.21. The van der Waals surface area contributed by atoms with E-state index >= 15 is 0 Å². The van der Waals surface area contributed by atoms with Crippen LogP contribution in [0.4, 0.5) is 0 Å². The summed E-state index contributed by atoms with van der Waals surface area (Å²) in [6, 6.07) is 0. The van der Waals surface area contributed by atoms with E-state index < -0.39 is 0 Å². The quantitative estimate of drug-likeness (QED) is 0.384. The van der Waals surface area contributed by atoms with E-state index in [1.165, 1.54) is 36.8 Å². The van der Waals surface area contributed by atoms with Crippen LogP contribution in [0.15, 0.2) is 23.3 Å². The van der Waals surface area contributed by atoms with Gasteiger partial charge in [-0.2, -0.15) is 0 Å². The Labute approximate surface area is 72.9 Å². The van der Waals surface area contributed by atoms with Crippen LogP contribution in [0, 0.1) is 0 Å². The van der Waals surface area contributed by atoms with E-state index in [1.807, 2.05) is 0 Å². The van der Waals surface area contributed by atoms with Gasteiger partial charge in [-0.05, 0) is 43.8 Å². The molecule has 0 amide bonds. The van der Waals surface area contributed by atoms with Gasteiger partial charge in [-0.1, -0.05) is 12.2 Å². The fraction of sp³-hybridized carbons (Fsp3) is 0.600. The summed E-state index contributed by atoms with van der Waals surface area (Å²) in [5.41, 5.74) is 2.89. The number of allylic oxidation sites excluding steroid dienone is 4. The zero-order valence-electron chi connectivity index (χ0n) is 6.86. The van der Waals surface area contributed by atoms with Crippen LogP contribution in [0.2, 0.25) is 0 Å². The van der Waals surface area contributed by atoms with E-state index in [1.54, 1.807) is 0 Å². The highest BCUT2D eigenvalue weighted by atomic mass is 35.5. The van der Waals surface area contributed by atoms with Crippen molar-refractivity contribution < 1.29 is 0 Å². The summed E-state index contributed by atoms with van der Waals surface area (Å²) in [6.45, 7) is 2.13. The minimum atomic E-state index is -0.115. The van der Waals surface area contributed by atoms with E-state index in [4.69, 9.17) is 11.6 Å². The van der Waals surface area contributed by atoms with Crippen molar-refractivity contribution in [3.8, 4) is 0 Å². The minimum absolute atomic E-state index is 0.115. The van der Waals surface area contributed by atoms with Crippen LogP contribution in [-0.4, -0.2) is 4.87 Å². The van der Waals surface area contributed by atoms with Crippen molar-refractivity contribution in [3.05, 3.63) is 23.3 Å². The number of halogens is 1. The molecule has 2 aliphatic carbocycles. The predicted molar refractivity (Wildman–Crippen MR) is 48.9 cm³/mol. The maximum atomic E-state index is 6.40. The van der Waals surface area contributed by atoms with Gasteiger partial charge in [-0.15, -0.1) is 11.6 Å². The summed E-state index contributed by atoms with van der Waals surface area (Å²) in [6.07, 6.45) is 9.38. The van der Waals surface area contributed by atoms with Gasteiger partial charge >= 0.3 is 0 Å². The summed E-state index contributed by atoms with van der Waals surface area (Å²) in [4.78, 5) is -0.115. The average Bonchev–Trinajstić information content (AvgIpc) is 2.00. The van der Waals surface area contributed by atoms with Crippen molar-refractivity contribution in [1.29, 1.82) is 0 Å². The van der Waals surface area contributed by atoms with Crippen molar-refractivity contribution in [3.63, 3.8) is 0 Å².